The molecule has 7 heteroatoms. The molecule has 3 heterocycles. The van der Waals surface area contributed by atoms with Gasteiger partial charge in [0.15, 0.2) is 0 Å². The number of anilines is 2. The number of pyridine rings is 1. The summed E-state index contributed by atoms with van der Waals surface area (Å²) in [5.74, 6) is 0.0191. The van der Waals surface area contributed by atoms with E-state index >= 15 is 0 Å². The number of amides is 2. The van der Waals surface area contributed by atoms with Crippen molar-refractivity contribution in [2.24, 2.45) is 5.92 Å². The maximum absolute atomic E-state index is 14.0. The summed E-state index contributed by atoms with van der Waals surface area (Å²) in [6.45, 7) is 2.80. The Kier molecular flexibility index (Phi) is 6.26. The molecule has 158 valence electrons. The van der Waals surface area contributed by atoms with E-state index in [2.05, 4.69) is 10.3 Å². The average molecular weight is 410 g/mol. The van der Waals surface area contributed by atoms with Crippen LogP contribution in [0.5, 0.6) is 0 Å². The van der Waals surface area contributed by atoms with Gasteiger partial charge in [0.05, 0.1) is 11.3 Å². The van der Waals surface area contributed by atoms with E-state index < -0.39 is 5.82 Å². The predicted octanol–water partition coefficient (Wildman–Crippen LogP) is 3.83. The van der Waals surface area contributed by atoms with Gasteiger partial charge >= 0.3 is 0 Å². The minimum absolute atomic E-state index is 0.00272. The highest BCUT2D eigenvalue weighted by molar-refractivity contribution is 5.99. The maximum atomic E-state index is 14.0. The summed E-state index contributed by atoms with van der Waals surface area (Å²) < 4.78 is 14.0. The van der Waals surface area contributed by atoms with Gasteiger partial charge in [-0.05, 0) is 56.4 Å². The lowest BCUT2D eigenvalue weighted by Gasteiger charge is -2.35. The van der Waals surface area contributed by atoms with E-state index in [1.54, 1.807) is 41.4 Å². The summed E-state index contributed by atoms with van der Waals surface area (Å²) in [5, 5.41) is 2.94. The molecule has 0 atom stereocenters. The summed E-state index contributed by atoms with van der Waals surface area (Å²) in [6, 6.07) is 9.70. The molecule has 2 fully saturated rings. The first kappa shape index (κ1) is 20.3. The van der Waals surface area contributed by atoms with Crippen molar-refractivity contribution in [3.63, 3.8) is 0 Å². The Balaban J connectivity index is 1.41. The first-order valence-corrected chi connectivity index (χ1v) is 10.7. The molecule has 2 amide bonds. The molecular weight excluding hydrogens is 383 g/mol. The molecule has 0 saturated carbocycles. The summed E-state index contributed by atoms with van der Waals surface area (Å²) in [5.41, 5.74) is 0.678. The molecule has 1 aromatic carbocycles. The fourth-order valence-corrected chi connectivity index (χ4v) is 4.24. The number of halogens is 1. The molecular formula is C23H27FN4O2. The second-order valence-electron chi connectivity index (χ2n) is 7.96. The molecule has 0 aliphatic carbocycles. The van der Waals surface area contributed by atoms with Crippen molar-refractivity contribution in [3.8, 4) is 0 Å². The highest BCUT2D eigenvalue weighted by atomic mass is 19.1. The molecule has 6 nitrogen and oxygen atoms in total. The number of hydrogen-bond donors (Lipinski definition) is 1. The highest BCUT2D eigenvalue weighted by Crippen LogP contribution is 2.26. The van der Waals surface area contributed by atoms with Gasteiger partial charge in [0.25, 0.3) is 5.91 Å². The van der Waals surface area contributed by atoms with Crippen LogP contribution in [0.1, 0.15) is 42.5 Å². The average Bonchev–Trinajstić information content (AvgIpc) is 2.81. The van der Waals surface area contributed by atoms with Crippen LogP contribution in [0.15, 0.2) is 42.6 Å². The monoisotopic (exact) mass is 410 g/mol. The van der Waals surface area contributed by atoms with Gasteiger partial charge < -0.3 is 15.1 Å². The van der Waals surface area contributed by atoms with E-state index in [1.807, 2.05) is 4.90 Å². The quantitative estimate of drug-likeness (QED) is 0.832. The predicted molar refractivity (Wildman–Crippen MR) is 113 cm³/mol. The lowest BCUT2D eigenvalue weighted by Crippen LogP contribution is -2.45. The van der Waals surface area contributed by atoms with Gasteiger partial charge in [0, 0.05) is 38.3 Å². The lowest BCUT2D eigenvalue weighted by molar-refractivity contribution is -0.137. The zero-order valence-electron chi connectivity index (χ0n) is 17.0. The van der Waals surface area contributed by atoms with Gasteiger partial charge in [0.2, 0.25) is 5.91 Å². The molecule has 0 unspecified atom stereocenters. The second-order valence-corrected chi connectivity index (χ2v) is 7.96. The number of likely N-dealkylation sites (tertiary alicyclic amines) is 2. The Bertz CT molecular complexity index is 906. The minimum atomic E-state index is -0.404. The van der Waals surface area contributed by atoms with Crippen molar-refractivity contribution in [1.29, 1.82) is 0 Å². The van der Waals surface area contributed by atoms with E-state index in [-0.39, 0.29) is 23.4 Å². The van der Waals surface area contributed by atoms with E-state index in [4.69, 9.17) is 0 Å². The van der Waals surface area contributed by atoms with Crippen LogP contribution in [0.4, 0.5) is 15.9 Å². The van der Waals surface area contributed by atoms with Crippen LogP contribution in [-0.4, -0.2) is 52.8 Å². The number of carbonyl (C=O) groups excluding carboxylic acids is 2. The smallest absolute Gasteiger partial charge is 0.257 e. The molecule has 2 saturated heterocycles. The highest BCUT2D eigenvalue weighted by Gasteiger charge is 2.31. The molecule has 0 radical (unpaired) electrons. The summed E-state index contributed by atoms with van der Waals surface area (Å²) in [6.07, 6.45) is 6.30. The van der Waals surface area contributed by atoms with Crippen molar-refractivity contribution in [3.05, 3.63) is 54.0 Å². The van der Waals surface area contributed by atoms with Crippen LogP contribution in [0.25, 0.3) is 0 Å². The standard InChI is InChI=1S/C23H27FN4O2/c24-19-8-2-3-9-20(19)26-21-18(7-6-12-25-21)23(30)28-15-10-17(11-16-28)22(29)27-13-4-1-5-14-27/h2-3,6-9,12,17H,1,4-5,10-11,13-16H2,(H,25,26). The Labute approximate surface area is 176 Å². The molecule has 0 spiro atoms. The number of nitrogens with zero attached hydrogens (tertiary/aromatic N) is 3. The van der Waals surface area contributed by atoms with Crippen LogP contribution in [-0.2, 0) is 4.79 Å². The molecule has 1 aromatic heterocycles. The van der Waals surface area contributed by atoms with Gasteiger partial charge in [0.1, 0.15) is 11.6 Å². The zero-order valence-corrected chi connectivity index (χ0v) is 17.0. The van der Waals surface area contributed by atoms with Gasteiger partial charge in [-0.2, -0.15) is 0 Å². The third-order valence-corrected chi connectivity index (χ3v) is 5.96. The number of nitrogens with one attached hydrogen (secondary N) is 1. The topological polar surface area (TPSA) is 65.5 Å². The normalized spacial score (nSPS) is 17.6. The van der Waals surface area contributed by atoms with Crippen molar-refractivity contribution >= 4 is 23.3 Å². The van der Waals surface area contributed by atoms with Crippen LogP contribution < -0.4 is 5.32 Å². The van der Waals surface area contributed by atoms with E-state index in [0.29, 0.717) is 37.3 Å². The van der Waals surface area contributed by atoms with E-state index in [1.165, 1.54) is 12.5 Å². The molecule has 0 bridgehead atoms. The first-order chi connectivity index (χ1) is 14.6. The molecule has 2 aliphatic rings. The number of benzene rings is 1. The fourth-order valence-electron chi connectivity index (χ4n) is 4.24. The zero-order chi connectivity index (χ0) is 20.9. The first-order valence-electron chi connectivity index (χ1n) is 10.7. The van der Waals surface area contributed by atoms with Gasteiger partial charge in [-0.3, -0.25) is 9.59 Å². The van der Waals surface area contributed by atoms with Crippen molar-refractivity contribution in [2.45, 2.75) is 32.1 Å². The molecule has 30 heavy (non-hydrogen) atoms. The Morgan fingerprint density at radius 3 is 2.40 bits per heavy atom. The van der Waals surface area contributed by atoms with E-state index in [9.17, 15) is 14.0 Å². The van der Waals surface area contributed by atoms with Crippen molar-refractivity contribution < 1.29 is 14.0 Å². The number of rotatable bonds is 4. The fraction of sp³-hybridized carbons (Fsp3) is 0.435. The largest absolute Gasteiger partial charge is 0.342 e. The maximum Gasteiger partial charge on any atom is 0.257 e. The van der Waals surface area contributed by atoms with Gasteiger partial charge in [-0.25, -0.2) is 9.37 Å². The Morgan fingerprint density at radius 2 is 1.67 bits per heavy atom. The number of hydrogen-bond acceptors (Lipinski definition) is 4. The third kappa shape index (κ3) is 4.45. The number of para-hydroxylation sites is 1. The van der Waals surface area contributed by atoms with Crippen molar-refractivity contribution in [2.75, 3.05) is 31.5 Å². The van der Waals surface area contributed by atoms with Gasteiger partial charge in [-0.1, -0.05) is 12.1 Å². The summed E-state index contributed by atoms with van der Waals surface area (Å²) in [4.78, 5) is 33.9. The number of aromatic nitrogens is 1. The van der Waals surface area contributed by atoms with Crippen LogP contribution in [0, 0.1) is 11.7 Å². The Hall–Kier alpha value is -2.96. The molecule has 2 aromatic rings. The van der Waals surface area contributed by atoms with Crippen LogP contribution in [0.3, 0.4) is 0 Å². The van der Waals surface area contributed by atoms with Crippen LogP contribution in [0.2, 0.25) is 0 Å². The minimum Gasteiger partial charge on any atom is -0.342 e. The van der Waals surface area contributed by atoms with Gasteiger partial charge in [-0.15, -0.1) is 0 Å². The van der Waals surface area contributed by atoms with E-state index in [0.717, 1.165) is 25.9 Å². The number of carbonyl (C=O) groups is 2. The Morgan fingerprint density at radius 1 is 0.933 bits per heavy atom. The lowest BCUT2D eigenvalue weighted by atomic mass is 9.94. The van der Waals surface area contributed by atoms with Crippen LogP contribution >= 0.6 is 0 Å². The van der Waals surface area contributed by atoms with Crippen molar-refractivity contribution in [1.82, 2.24) is 14.8 Å². The third-order valence-electron chi connectivity index (χ3n) is 5.96. The summed E-state index contributed by atoms with van der Waals surface area (Å²) in [7, 11) is 0. The molecule has 1 N–H and O–H groups in total. The second kappa shape index (κ2) is 9.24. The molecule has 4 rings (SSSR count). The SMILES string of the molecule is O=C(c1cccnc1Nc1ccccc1F)N1CCC(C(=O)N2CCCCC2)CC1. The number of piperidine rings is 2. The summed E-state index contributed by atoms with van der Waals surface area (Å²) >= 11 is 0. The molecule has 2 aliphatic heterocycles.